The van der Waals surface area contributed by atoms with Gasteiger partial charge in [0, 0.05) is 18.2 Å². The van der Waals surface area contributed by atoms with Crippen LogP contribution in [0.1, 0.15) is 22.5 Å². The number of ether oxygens (including phenoxy) is 1. The van der Waals surface area contributed by atoms with Gasteiger partial charge in [-0.1, -0.05) is 12.1 Å². The van der Waals surface area contributed by atoms with Crippen molar-refractivity contribution >= 4 is 17.2 Å². The van der Waals surface area contributed by atoms with E-state index in [0.29, 0.717) is 21.4 Å². The predicted molar refractivity (Wildman–Crippen MR) is 94.7 cm³/mol. The Bertz CT molecular complexity index is 831. The molecule has 0 aliphatic carbocycles. The maximum Gasteiger partial charge on any atom is 0.573 e. The molecular formula is C18H18F3N3O2S. The summed E-state index contributed by atoms with van der Waals surface area (Å²) in [5, 5.41) is 3.56. The number of amides is 1. The molecule has 1 aromatic heterocycles. The number of carbonyl (C=O) groups excluding carboxylic acids is 1. The van der Waals surface area contributed by atoms with Crippen molar-refractivity contribution in [3.63, 3.8) is 0 Å². The monoisotopic (exact) mass is 397 g/mol. The quantitative estimate of drug-likeness (QED) is 0.858. The lowest BCUT2D eigenvalue weighted by Gasteiger charge is -2.44. The van der Waals surface area contributed by atoms with E-state index in [9.17, 15) is 18.0 Å². The standard InChI is InChI=1S/C18H18F3N3O2S/c19-18(20,21)26-13-3-1-2-12(8-13)17-22-9-15(27-17)16(25)23-14-10-24-6-4-11(14)5-7-24/h1-3,8-9,11,14H,4-7,10H2,(H,23,25)/t14-/m0/s1. The van der Waals surface area contributed by atoms with E-state index in [1.165, 1.54) is 24.4 Å². The van der Waals surface area contributed by atoms with Crippen LogP contribution >= 0.6 is 11.3 Å². The zero-order valence-corrected chi connectivity index (χ0v) is 15.1. The molecule has 27 heavy (non-hydrogen) atoms. The number of rotatable bonds is 4. The van der Waals surface area contributed by atoms with E-state index in [-0.39, 0.29) is 17.7 Å². The first-order valence-electron chi connectivity index (χ1n) is 8.72. The highest BCUT2D eigenvalue weighted by atomic mass is 32.1. The molecule has 3 aliphatic rings. The molecule has 5 rings (SSSR count). The second-order valence-corrected chi connectivity index (χ2v) is 7.85. The van der Waals surface area contributed by atoms with Gasteiger partial charge in [0.15, 0.2) is 0 Å². The lowest BCUT2D eigenvalue weighted by atomic mass is 9.84. The lowest BCUT2D eigenvalue weighted by Crippen LogP contribution is -2.57. The summed E-state index contributed by atoms with van der Waals surface area (Å²) in [6.45, 7) is 3.06. The third kappa shape index (κ3) is 4.24. The van der Waals surface area contributed by atoms with Crippen LogP contribution in [0, 0.1) is 5.92 Å². The van der Waals surface area contributed by atoms with E-state index in [4.69, 9.17) is 0 Å². The summed E-state index contributed by atoms with van der Waals surface area (Å²) >= 11 is 1.16. The summed E-state index contributed by atoms with van der Waals surface area (Å²) in [7, 11) is 0. The predicted octanol–water partition coefficient (Wildman–Crippen LogP) is 3.53. The van der Waals surface area contributed by atoms with E-state index in [1.807, 2.05) is 0 Å². The van der Waals surface area contributed by atoms with Crippen molar-refractivity contribution in [3.05, 3.63) is 35.3 Å². The van der Waals surface area contributed by atoms with Crippen LogP contribution in [-0.2, 0) is 0 Å². The Morgan fingerprint density at radius 2 is 2.07 bits per heavy atom. The molecule has 3 aliphatic heterocycles. The van der Waals surface area contributed by atoms with Gasteiger partial charge in [-0.3, -0.25) is 4.79 Å². The Labute approximate surface area is 158 Å². The number of carbonyl (C=O) groups is 1. The van der Waals surface area contributed by atoms with Gasteiger partial charge in [-0.05, 0) is 44.0 Å². The summed E-state index contributed by atoms with van der Waals surface area (Å²) in [5.41, 5.74) is 0.476. The summed E-state index contributed by atoms with van der Waals surface area (Å²) < 4.78 is 41.1. The Hall–Kier alpha value is -2.13. The number of aromatic nitrogens is 1. The number of thiazole rings is 1. The molecule has 0 radical (unpaired) electrons. The van der Waals surface area contributed by atoms with Crippen molar-refractivity contribution in [2.45, 2.75) is 25.2 Å². The Morgan fingerprint density at radius 3 is 2.74 bits per heavy atom. The fourth-order valence-corrected chi connectivity index (χ4v) is 4.52. The molecule has 1 aromatic carbocycles. The molecule has 3 saturated heterocycles. The van der Waals surface area contributed by atoms with Gasteiger partial charge < -0.3 is 15.0 Å². The summed E-state index contributed by atoms with van der Waals surface area (Å²) in [6.07, 6.45) is -1.08. The van der Waals surface area contributed by atoms with Gasteiger partial charge in [0.05, 0.1) is 6.20 Å². The van der Waals surface area contributed by atoms with Crippen molar-refractivity contribution in [1.29, 1.82) is 0 Å². The molecule has 3 fully saturated rings. The number of halogens is 3. The summed E-state index contributed by atoms with van der Waals surface area (Å²) in [6, 6.07) is 5.74. The molecule has 9 heteroatoms. The van der Waals surface area contributed by atoms with Gasteiger partial charge in [0.25, 0.3) is 5.91 Å². The number of nitrogens with one attached hydrogen (secondary N) is 1. The molecule has 4 heterocycles. The summed E-state index contributed by atoms with van der Waals surface area (Å²) in [5.74, 6) is 0.0243. The fourth-order valence-electron chi connectivity index (χ4n) is 3.71. The topological polar surface area (TPSA) is 54.5 Å². The molecule has 1 amide bonds. The number of piperidine rings is 3. The molecule has 2 bridgehead atoms. The van der Waals surface area contributed by atoms with E-state index >= 15 is 0 Å². The zero-order valence-electron chi connectivity index (χ0n) is 14.3. The first-order chi connectivity index (χ1) is 12.9. The SMILES string of the molecule is O=C(N[C@H]1CN2CCC1CC2)c1cnc(-c2cccc(OC(F)(F)F)c2)s1. The van der Waals surface area contributed by atoms with Gasteiger partial charge in [-0.25, -0.2) is 4.98 Å². The Balaban J connectivity index is 1.45. The Kier molecular flexibility index (Phi) is 4.81. The zero-order chi connectivity index (χ0) is 19.0. The second-order valence-electron chi connectivity index (χ2n) is 6.82. The molecule has 1 N–H and O–H groups in total. The third-order valence-electron chi connectivity index (χ3n) is 5.02. The van der Waals surface area contributed by atoms with Crippen molar-refractivity contribution in [1.82, 2.24) is 15.2 Å². The third-order valence-corrected chi connectivity index (χ3v) is 6.06. The molecule has 0 unspecified atom stereocenters. The minimum atomic E-state index is -4.75. The van der Waals surface area contributed by atoms with Crippen LogP contribution in [0.4, 0.5) is 13.2 Å². The van der Waals surface area contributed by atoms with Gasteiger partial charge >= 0.3 is 6.36 Å². The number of alkyl halides is 3. The van der Waals surface area contributed by atoms with Crippen molar-refractivity contribution in [3.8, 4) is 16.3 Å². The molecule has 1 atom stereocenters. The minimum Gasteiger partial charge on any atom is -0.406 e. The molecule has 5 nitrogen and oxygen atoms in total. The minimum absolute atomic E-state index is 0.147. The number of nitrogens with zero attached hydrogens (tertiary/aromatic N) is 2. The van der Waals surface area contributed by atoms with Crippen LogP contribution in [0.2, 0.25) is 0 Å². The van der Waals surface area contributed by atoms with E-state index in [0.717, 1.165) is 43.8 Å². The van der Waals surface area contributed by atoms with E-state index in [2.05, 4.69) is 19.9 Å². The highest BCUT2D eigenvalue weighted by Gasteiger charge is 2.35. The molecular weight excluding hydrogens is 379 g/mol. The van der Waals surface area contributed by atoms with Gasteiger partial charge in [0.2, 0.25) is 0 Å². The van der Waals surface area contributed by atoms with Crippen LogP contribution in [0.25, 0.3) is 10.6 Å². The smallest absolute Gasteiger partial charge is 0.406 e. The fraction of sp³-hybridized carbons (Fsp3) is 0.444. The van der Waals surface area contributed by atoms with Crippen LogP contribution in [0.3, 0.4) is 0 Å². The number of hydrogen-bond acceptors (Lipinski definition) is 5. The number of benzene rings is 1. The van der Waals surface area contributed by atoms with Crippen LogP contribution in [0.5, 0.6) is 5.75 Å². The molecule has 0 saturated carbocycles. The lowest BCUT2D eigenvalue weighted by molar-refractivity contribution is -0.274. The summed E-state index contributed by atoms with van der Waals surface area (Å²) in [4.78, 5) is 19.6. The largest absolute Gasteiger partial charge is 0.573 e. The average molecular weight is 397 g/mol. The van der Waals surface area contributed by atoms with Gasteiger partial charge in [-0.2, -0.15) is 0 Å². The first-order valence-corrected chi connectivity index (χ1v) is 9.54. The second kappa shape index (κ2) is 7.12. The molecule has 2 aromatic rings. The van der Waals surface area contributed by atoms with E-state index < -0.39 is 6.36 Å². The van der Waals surface area contributed by atoms with Gasteiger partial charge in [-0.15, -0.1) is 24.5 Å². The van der Waals surface area contributed by atoms with Crippen molar-refractivity contribution < 1.29 is 22.7 Å². The number of fused-ring (bicyclic) bond motifs is 3. The highest BCUT2D eigenvalue weighted by Crippen LogP contribution is 2.31. The number of hydrogen-bond donors (Lipinski definition) is 1. The van der Waals surface area contributed by atoms with Crippen LogP contribution in [0.15, 0.2) is 30.5 Å². The van der Waals surface area contributed by atoms with Crippen LogP contribution in [-0.4, -0.2) is 47.8 Å². The average Bonchev–Trinajstić information content (AvgIpc) is 3.12. The molecule has 0 spiro atoms. The van der Waals surface area contributed by atoms with Crippen molar-refractivity contribution in [2.24, 2.45) is 5.92 Å². The van der Waals surface area contributed by atoms with Crippen LogP contribution < -0.4 is 10.1 Å². The maximum absolute atomic E-state index is 12.6. The maximum atomic E-state index is 12.6. The van der Waals surface area contributed by atoms with Crippen molar-refractivity contribution in [2.75, 3.05) is 19.6 Å². The first kappa shape index (κ1) is 18.2. The van der Waals surface area contributed by atoms with E-state index in [1.54, 1.807) is 6.07 Å². The van der Waals surface area contributed by atoms with Gasteiger partial charge in [0.1, 0.15) is 15.6 Å². The normalized spacial score (nSPS) is 24.6. The molecule has 144 valence electrons. The highest BCUT2D eigenvalue weighted by molar-refractivity contribution is 7.16. The Morgan fingerprint density at radius 1 is 1.30 bits per heavy atom.